The highest BCUT2D eigenvalue weighted by Gasteiger charge is 2.19. The van der Waals surface area contributed by atoms with Crippen molar-refractivity contribution in [3.63, 3.8) is 0 Å². The molecule has 0 bridgehead atoms. The van der Waals surface area contributed by atoms with E-state index in [1.807, 2.05) is 55.5 Å². The van der Waals surface area contributed by atoms with Gasteiger partial charge >= 0.3 is 11.9 Å². The summed E-state index contributed by atoms with van der Waals surface area (Å²) in [6.45, 7) is 5.39. The van der Waals surface area contributed by atoms with Crippen LogP contribution in [-0.4, -0.2) is 57.9 Å². The van der Waals surface area contributed by atoms with Gasteiger partial charge < -0.3 is 20.4 Å². The van der Waals surface area contributed by atoms with E-state index in [-0.39, 0.29) is 5.56 Å². The van der Waals surface area contributed by atoms with Crippen LogP contribution in [0, 0.1) is 6.92 Å². The number of aryl methyl sites for hydroxylation is 1. The van der Waals surface area contributed by atoms with Crippen LogP contribution in [0.5, 0.6) is 0 Å². The van der Waals surface area contributed by atoms with E-state index >= 15 is 0 Å². The largest absolute Gasteiger partial charge is 0.478 e. The summed E-state index contributed by atoms with van der Waals surface area (Å²) in [4.78, 5) is 39.1. The lowest BCUT2D eigenvalue weighted by atomic mass is 10.2. The molecule has 0 atom stereocenters. The number of carboxylic acids is 2. The summed E-state index contributed by atoms with van der Waals surface area (Å²) in [5, 5.41) is 18.9. The maximum absolute atomic E-state index is 13.2. The monoisotopic (exact) mass is 436 g/mol. The SMILES string of the molecule is Cc1ccc(-n2c(=O)c(N3CCNCC3)nc3ccccc32)cc1.O=C(O)/C=C\C(=O)O. The highest BCUT2D eigenvalue weighted by atomic mass is 16.4. The topological polar surface area (TPSA) is 125 Å². The van der Waals surface area contributed by atoms with Gasteiger partial charge in [0.05, 0.1) is 11.0 Å². The van der Waals surface area contributed by atoms with Crippen LogP contribution in [0.1, 0.15) is 5.56 Å². The van der Waals surface area contributed by atoms with Crippen LogP contribution < -0.4 is 15.8 Å². The van der Waals surface area contributed by atoms with Gasteiger partial charge in [-0.05, 0) is 31.2 Å². The summed E-state index contributed by atoms with van der Waals surface area (Å²) in [5.41, 5.74) is 3.67. The summed E-state index contributed by atoms with van der Waals surface area (Å²) >= 11 is 0. The minimum absolute atomic E-state index is 0.0561. The summed E-state index contributed by atoms with van der Waals surface area (Å²) in [7, 11) is 0. The van der Waals surface area contributed by atoms with E-state index < -0.39 is 11.9 Å². The maximum atomic E-state index is 13.2. The number of rotatable bonds is 4. The maximum Gasteiger partial charge on any atom is 0.328 e. The lowest BCUT2D eigenvalue weighted by molar-refractivity contribution is -0.134. The molecule has 0 amide bonds. The number of para-hydroxylation sites is 2. The zero-order valence-corrected chi connectivity index (χ0v) is 17.6. The van der Waals surface area contributed by atoms with Crippen molar-refractivity contribution in [2.24, 2.45) is 0 Å². The van der Waals surface area contributed by atoms with Crippen molar-refractivity contribution in [2.75, 3.05) is 31.1 Å². The zero-order chi connectivity index (χ0) is 23.1. The van der Waals surface area contributed by atoms with Gasteiger partial charge in [0.15, 0.2) is 5.82 Å². The molecular weight excluding hydrogens is 412 g/mol. The molecule has 32 heavy (non-hydrogen) atoms. The second kappa shape index (κ2) is 10.4. The minimum atomic E-state index is -1.26. The van der Waals surface area contributed by atoms with E-state index in [1.54, 1.807) is 4.57 Å². The molecule has 3 aromatic rings. The minimum Gasteiger partial charge on any atom is -0.478 e. The number of carbonyl (C=O) groups is 2. The van der Waals surface area contributed by atoms with Crippen molar-refractivity contribution < 1.29 is 19.8 Å². The van der Waals surface area contributed by atoms with Crippen molar-refractivity contribution in [1.29, 1.82) is 0 Å². The number of aliphatic carboxylic acids is 2. The molecule has 166 valence electrons. The van der Waals surface area contributed by atoms with E-state index in [2.05, 4.69) is 15.2 Å². The number of hydrogen-bond acceptors (Lipinski definition) is 6. The van der Waals surface area contributed by atoms with Gasteiger partial charge in [0, 0.05) is 44.0 Å². The molecule has 0 spiro atoms. The molecule has 0 unspecified atom stereocenters. The molecule has 2 heterocycles. The van der Waals surface area contributed by atoms with Crippen molar-refractivity contribution in [2.45, 2.75) is 6.92 Å². The van der Waals surface area contributed by atoms with Gasteiger partial charge in [-0.2, -0.15) is 0 Å². The number of aromatic nitrogens is 2. The van der Waals surface area contributed by atoms with Crippen molar-refractivity contribution in [3.05, 3.63) is 76.6 Å². The van der Waals surface area contributed by atoms with Crippen LogP contribution >= 0.6 is 0 Å². The molecule has 1 aliphatic heterocycles. The Morgan fingerprint density at radius 2 is 1.56 bits per heavy atom. The van der Waals surface area contributed by atoms with Gasteiger partial charge in [0.1, 0.15) is 0 Å². The Balaban J connectivity index is 0.000000312. The van der Waals surface area contributed by atoms with Crippen molar-refractivity contribution >= 4 is 28.8 Å². The van der Waals surface area contributed by atoms with Gasteiger partial charge in [-0.3, -0.25) is 9.36 Å². The predicted molar refractivity (Wildman–Crippen MR) is 122 cm³/mol. The number of benzene rings is 2. The molecule has 1 aliphatic rings. The molecule has 0 radical (unpaired) electrons. The van der Waals surface area contributed by atoms with Crippen LogP contribution in [-0.2, 0) is 9.59 Å². The molecule has 1 saturated heterocycles. The van der Waals surface area contributed by atoms with E-state index in [4.69, 9.17) is 10.2 Å². The molecule has 9 heteroatoms. The third-order valence-corrected chi connectivity index (χ3v) is 4.82. The number of hydrogen-bond donors (Lipinski definition) is 3. The first kappa shape index (κ1) is 22.7. The first-order valence-electron chi connectivity index (χ1n) is 10.1. The molecule has 4 rings (SSSR count). The smallest absolute Gasteiger partial charge is 0.328 e. The summed E-state index contributed by atoms with van der Waals surface area (Å²) < 4.78 is 1.78. The van der Waals surface area contributed by atoms with Gasteiger partial charge in [0.2, 0.25) is 0 Å². The van der Waals surface area contributed by atoms with E-state index in [9.17, 15) is 14.4 Å². The van der Waals surface area contributed by atoms with E-state index in [0.29, 0.717) is 18.0 Å². The van der Waals surface area contributed by atoms with Crippen LogP contribution in [0.3, 0.4) is 0 Å². The van der Waals surface area contributed by atoms with E-state index in [1.165, 1.54) is 5.56 Å². The van der Waals surface area contributed by atoms with Crippen LogP contribution in [0.15, 0.2) is 65.5 Å². The zero-order valence-electron chi connectivity index (χ0n) is 17.6. The molecule has 1 aromatic heterocycles. The van der Waals surface area contributed by atoms with E-state index in [0.717, 1.165) is 42.9 Å². The van der Waals surface area contributed by atoms with Crippen LogP contribution in [0.2, 0.25) is 0 Å². The number of nitrogens with one attached hydrogen (secondary N) is 1. The van der Waals surface area contributed by atoms with Crippen LogP contribution in [0.25, 0.3) is 16.7 Å². The average molecular weight is 436 g/mol. The standard InChI is InChI=1S/C19H20N4O.C4H4O4/c1-14-6-8-15(9-7-14)23-17-5-3-2-4-16(17)21-18(19(23)24)22-12-10-20-11-13-22;5-3(6)1-2-4(7)8/h2-9,20H,10-13H2,1H3;1-2H,(H,5,6)(H,7,8)/b;2-1-. The lowest BCUT2D eigenvalue weighted by Gasteiger charge is -2.28. The molecular formula is C23H24N4O5. The number of carboxylic acid groups (broad SMARTS) is 2. The van der Waals surface area contributed by atoms with Gasteiger partial charge in [-0.25, -0.2) is 14.6 Å². The quantitative estimate of drug-likeness (QED) is 0.529. The number of piperazine rings is 1. The number of fused-ring (bicyclic) bond motifs is 1. The molecule has 1 fully saturated rings. The number of anilines is 1. The first-order chi connectivity index (χ1) is 15.4. The first-order valence-corrected chi connectivity index (χ1v) is 10.1. The fraction of sp³-hybridized carbons (Fsp3) is 0.217. The summed E-state index contributed by atoms with van der Waals surface area (Å²) in [5.74, 6) is -1.98. The van der Waals surface area contributed by atoms with Crippen LogP contribution in [0.4, 0.5) is 5.82 Å². The lowest BCUT2D eigenvalue weighted by Crippen LogP contribution is -2.46. The number of nitrogens with zero attached hydrogens (tertiary/aromatic N) is 3. The third-order valence-electron chi connectivity index (χ3n) is 4.82. The Morgan fingerprint density at radius 3 is 2.16 bits per heavy atom. The Bertz CT molecular complexity index is 1180. The third kappa shape index (κ3) is 5.58. The Labute approximate surface area is 184 Å². The molecule has 0 saturated carbocycles. The average Bonchev–Trinajstić information content (AvgIpc) is 2.79. The summed E-state index contributed by atoms with van der Waals surface area (Å²) in [6, 6.07) is 15.9. The Morgan fingerprint density at radius 1 is 0.969 bits per heavy atom. The normalized spacial score (nSPS) is 13.6. The molecule has 2 aromatic carbocycles. The Hall–Kier alpha value is -3.98. The van der Waals surface area contributed by atoms with Crippen molar-refractivity contribution in [3.8, 4) is 5.69 Å². The second-order valence-corrected chi connectivity index (χ2v) is 7.15. The van der Waals surface area contributed by atoms with Gasteiger partial charge in [0.25, 0.3) is 5.56 Å². The molecule has 0 aliphatic carbocycles. The van der Waals surface area contributed by atoms with Gasteiger partial charge in [-0.1, -0.05) is 29.8 Å². The fourth-order valence-corrected chi connectivity index (χ4v) is 3.29. The highest BCUT2D eigenvalue weighted by Crippen LogP contribution is 2.19. The van der Waals surface area contributed by atoms with Gasteiger partial charge in [-0.15, -0.1) is 0 Å². The predicted octanol–water partition coefficient (Wildman–Crippen LogP) is 1.82. The molecule has 3 N–H and O–H groups in total. The highest BCUT2D eigenvalue weighted by molar-refractivity contribution is 5.89. The van der Waals surface area contributed by atoms with Crippen molar-refractivity contribution in [1.82, 2.24) is 14.9 Å². The second-order valence-electron chi connectivity index (χ2n) is 7.15. The fourth-order valence-electron chi connectivity index (χ4n) is 3.29. The summed E-state index contributed by atoms with van der Waals surface area (Å²) in [6.07, 6.45) is 1.12. The molecule has 9 nitrogen and oxygen atoms in total. The Kier molecular flexibility index (Phi) is 7.35.